The highest BCUT2D eigenvalue weighted by atomic mass is 19.3. The van der Waals surface area contributed by atoms with Gasteiger partial charge in [-0.15, -0.1) is 0 Å². The van der Waals surface area contributed by atoms with E-state index in [4.69, 9.17) is 0 Å². The second kappa shape index (κ2) is 8.20. The molecule has 114 valence electrons. The van der Waals surface area contributed by atoms with Gasteiger partial charge in [0.05, 0.1) is 0 Å². The SMILES string of the molecule is CCC(CC)C(C)NC(C)c1ccc(OC(F)F)cc1. The van der Waals surface area contributed by atoms with Crippen molar-refractivity contribution in [2.75, 3.05) is 0 Å². The molecule has 1 aromatic carbocycles. The van der Waals surface area contributed by atoms with Gasteiger partial charge in [-0.3, -0.25) is 0 Å². The number of hydrogen-bond donors (Lipinski definition) is 1. The Kier molecular flexibility index (Phi) is 6.93. The molecule has 0 fully saturated rings. The maximum Gasteiger partial charge on any atom is 0.387 e. The van der Waals surface area contributed by atoms with E-state index in [1.807, 2.05) is 12.1 Å². The van der Waals surface area contributed by atoms with Gasteiger partial charge < -0.3 is 10.1 Å². The van der Waals surface area contributed by atoms with Crippen molar-refractivity contribution < 1.29 is 13.5 Å². The second-order valence-electron chi connectivity index (χ2n) is 5.20. The molecule has 0 saturated heterocycles. The Hall–Kier alpha value is -1.16. The summed E-state index contributed by atoms with van der Waals surface area (Å²) in [6, 6.07) is 7.44. The molecule has 1 rings (SSSR count). The minimum absolute atomic E-state index is 0.186. The van der Waals surface area contributed by atoms with Crippen LogP contribution < -0.4 is 10.1 Å². The largest absolute Gasteiger partial charge is 0.435 e. The average Bonchev–Trinajstić information content (AvgIpc) is 2.40. The van der Waals surface area contributed by atoms with Gasteiger partial charge in [-0.1, -0.05) is 38.8 Å². The lowest BCUT2D eigenvalue weighted by molar-refractivity contribution is -0.0498. The molecule has 20 heavy (non-hydrogen) atoms. The van der Waals surface area contributed by atoms with Gasteiger partial charge in [0.25, 0.3) is 0 Å². The summed E-state index contributed by atoms with van der Waals surface area (Å²) in [4.78, 5) is 0. The normalized spacial score (nSPS) is 14.6. The van der Waals surface area contributed by atoms with Crippen molar-refractivity contribution in [3.05, 3.63) is 29.8 Å². The Balaban J connectivity index is 2.61. The third-order valence-corrected chi connectivity index (χ3v) is 3.87. The standard InChI is InChI=1S/C16H25F2NO/c1-5-13(6-2)11(3)19-12(4)14-7-9-15(10-8-14)20-16(17)18/h7-13,16,19H,5-6H2,1-4H3. The summed E-state index contributed by atoms with van der Waals surface area (Å²) in [6.07, 6.45) is 2.30. The Morgan fingerprint density at radius 3 is 2.05 bits per heavy atom. The maximum absolute atomic E-state index is 12.1. The summed E-state index contributed by atoms with van der Waals surface area (Å²) in [5, 5.41) is 3.57. The first-order chi connectivity index (χ1) is 9.47. The highest BCUT2D eigenvalue weighted by Crippen LogP contribution is 2.21. The molecule has 0 amide bonds. The molecule has 0 saturated carbocycles. The molecule has 0 bridgehead atoms. The first-order valence-electron chi connectivity index (χ1n) is 7.28. The summed E-state index contributed by atoms with van der Waals surface area (Å²) in [6.45, 7) is 5.91. The zero-order valence-corrected chi connectivity index (χ0v) is 12.7. The lowest BCUT2D eigenvalue weighted by Crippen LogP contribution is -2.34. The summed E-state index contributed by atoms with van der Waals surface area (Å²) >= 11 is 0. The van der Waals surface area contributed by atoms with Crippen molar-refractivity contribution in [2.24, 2.45) is 5.92 Å². The highest BCUT2D eigenvalue weighted by Gasteiger charge is 2.16. The van der Waals surface area contributed by atoms with E-state index in [-0.39, 0.29) is 11.8 Å². The second-order valence-corrected chi connectivity index (χ2v) is 5.20. The van der Waals surface area contributed by atoms with Crippen LogP contribution in [-0.4, -0.2) is 12.7 Å². The summed E-state index contributed by atoms with van der Waals surface area (Å²) in [5.41, 5.74) is 1.07. The number of hydrogen-bond acceptors (Lipinski definition) is 2. The fraction of sp³-hybridized carbons (Fsp3) is 0.625. The van der Waals surface area contributed by atoms with Gasteiger partial charge in [0, 0.05) is 12.1 Å². The maximum atomic E-state index is 12.1. The lowest BCUT2D eigenvalue weighted by atomic mass is 9.94. The Bertz CT molecular complexity index is 377. The van der Waals surface area contributed by atoms with Gasteiger partial charge >= 0.3 is 6.61 Å². The molecule has 2 nitrogen and oxygen atoms in total. The molecule has 0 radical (unpaired) electrons. The van der Waals surface area contributed by atoms with Gasteiger partial charge in [0.15, 0.2) is 0 Å². The average molecular weight is 285 g/mol. The van der Waals surface area contributed by atoms with Crippen molar-refractivity contribution in [1.82, 2.24) is 5.32 Å². The number of rotatable bonds is 8. The van der Waals surface area contributed by atoms with Crippen LogP contribution in [0.5, 0.6) is 5.75 Å². The predicted octanol–water partition coefficient (Wildman–Crippen LogP) is 4.76. The summed E-state index contributed by atoms with van der Waals surface area (Å²) < 4.78 is 28.5. The third-order valence-electron chi connectivity index (χ3n) is 3.87. The van der Waals surface area contributed by atoms with Crippen LogP contribution in [0.25, 0.3) is 0 Å². The zero-order chi connectivity index (χ0) is 15.1. The fourth-order valence-electron chi connectivity index (χ4n) is 2.56. The van der Waals surface area contributed by atoms with E-state index in [1.165, 1.54) is 0 Å². The Morgan fingerprint density at radius 1 is 1.05 bits per heavy atom. The molecule has 0 aromatic heterocycles. The molecule has 0 aliphatic heterocycles. The number of halogens is 2. The van der Waals surface area contributed by atoms with Crippen LogP contribution in [-0.2, 0) is 0 Å². The topological polar surface area (TPSA) is 21.3 Å². The van der Waals surface area contributed by atoms with Crippen LogP contribution in [0.1, 0.15) is 52.1 Å². The molecule has 0 heterocycles. The minimum atomic E-state index is -2.77. The van der Waals surface area contributed by atoms with Crippen molar-refractivity contribution in [3.63, 3.8) is 0 Å². The van der Waals surface area contributed by atoms with Crippen LogP contribution >= 0.6 is 0 Å². The van der Waals surface area contributed by atoms with E-state index in [0.717, 1.165) is 18.4 Å². The first kappa shape index (κ1) is 16.9. The molecular weight excluding hydrogens is 260 g/mol. The lowest BCUT2D eigenvalue weighted by Gasteiger charge is -2.26. The van der Waals surface area contributed by atoms with Crippen LogP contribution in [0, 0.1) is 5.92 Å². The molecule has 0 aliphatic rings. The number of nitrogens with one attached hydrogen (secondary N) is 1. The van der Waals surface area contributed by atoms with Gasteiger partial charge in [-0.25, -0.2) is 0 Å². The van der Waals surface area contributed by atoms with E-state index in [9.17, 15) is 8.78 Å². The fourth-order valence-corrected chi connectivity index (χ4v) is 2.56. The van der Waals surface area contributed by atoms with Crippen molar-refractivity contribution >= 4 is 0 Å². The minimum Gasteiger partial charge on any atom is -0.435 e. The van der Waals surface area contributed by atoms with Gasteiger partial charge in [-0.05, 0) is 37.5 Å². The molecule has 2 atom stereocenters. The van der Waals surface area contributed by atoms with Crippen molar-refractivity contribution in [1.29, 1.82) is 0 Å². The molecule has 0 aliphatic carbocycles. The summed E-state index contributed by atoms with van der Waals surface area (Å²) in [7, 11) is 0. The van der Waals surface area contributed by atoms with Gasteiger partial charge in [0.2, 0.25) is 0 Å². The monoisotopic (exact) mass is 285 g/mol. The van der Waals surface area contributed by atoms with Crippen LogP contribution in [0.3, 0.4) is 0 Å². The van der Waals surface area contributed by atoms with E-state index in [1.54, 1.807) is 12.1 Å². The van der Waals surface area contributed by atoms with E-state index < -0.39 is 6.61 Å². The molecule has 1 N–H and O–H groups in total. The molecular formula is C16H25F2NO. The summed E-state index contributed by atoms with van der Waals surface area (Å²) in [5.74, 6) is 0.850. The van der Waals surface area contributed by atoms with Crippen LogP contribution in [0.2, 0.25) is 0 Å². The van der Waals surface area contributed by atoms with E-state index in [0.29, 0.717) is 12.0 Å². The predicted molar refractivity (Wildman–Crippen MR) is 78.2 cm³/mol. The molecule has 2 unspecified atom stereocenters. The highest BCUT2D eigenvalue weighted by molar-refractivity contribution is 5.29. The van der Waals surface area contributed by atoms with Crippen LogP contribution in [0.15, 0.2) is 24.3 Å². The smallest absolute Gasteiger partial charge is 0.387 e. The quantitative estimate of drug-likeness (QED) is 0.743. The number of ether oxygens (including phenoxy) is 1. The van der Waals surface area contributed by atoms with E-state index in [2.05, 4.69) is 37.7 Å². The number of benzene rings is 1. The molecule has 4 heteroatoms. The van der Waals surface area contributed by atoms with E-state index >= 15 is 0 Å². The van der Waals surface area contributed by atoms with Crippen LogP contribution in [0.4, 0.5) is 8.78 Å². The van der Waals surface area contributed by atoms with Gasteiger partial charge in [-0.2, -0.15) is 8.78 Å². The zero-order valence-electron chi connectivity index (χ0n) is 12.7. The third kappa shape index (κ3) is 5.08. The molecule has 0 spiro atoms. The Morgan fingerprint density at radius 2 is 1.60 bits per heavy atom. The molecule has 1 aromatic rings. The Labute approximate surface area is 120 Å². The van der Waals surface area contributed by atoms with Gasteiger partial charge in [0.1, 0.15) is 5.75 Å². The number of alkyl halides is 2. The van der Waals surface area contributed by atoms with Crippen molar-refractivity contribution in [2.45, 2.75) is 59.2 Å². The first-order valence-corrected chi connectivity index (χ1v) is 7.28. The van der Waals surface area contributed by atoms with Crippen molar-refractivity contribution in [3.8, 4) is 5.75 Å².